The van der Waals surface area contributed by atoms with Crippen LogP contribution in [0.25, 0.3) is 10.9 Å². The summed E-state index contributed by atoms with van der Waals surface area (Å²) < 4.78 is 6.91. The zero-order valence-electron chi connectivity index (χ0n) is 19.7. The average Bonchev–Trinajstić information content (AvgIpc) is 3.17. The summed E-state index contributed by atoms with van der Waals surface area (Å²) in [5, 5.41) is 17.1. The van der Waals surface area contributed by atoms with E-state index in [-0.39, 0.29) is 43.1 Å². The maximum atomic E-state index is 12.9. The van der Waals surface area contributed by atoms with Crippen LogP contribution in [0, 0.1) is 16.0 Å². The maximum absolute atomic E-state index is 12.9. The Morgan fingerprint density at radius 3 is 2.62 bits per heavy atom. The third kappa shape index (κ3) is 6.69. The molecule has 1 aromatic heterocycles. The fraction of sp³-hybridized carbons (Fsp3) is 0.522. The zero-order valence-corrected chi connectivity index (χ0v) is 19.7. The Hall–Kier alpha value is -3.63. The standard InChI is InChI=1S/C23H31N5O6/c1-23(2,3)34-22(31)25-10-9-24-21(30)17-5-4-11-27(14-17)20(29)15-26-12-8-16-13-18(28(32)33)6-7-19(16)26/h6-8,12-13,17H,4-5,9-11,14-15H2,1-3H3,(H,24,30)(H,25,31). The molecule has 0 radical (unpaired) electrons. The Bertz CT molecular complexity index is 1070. The highest BCUT2D eigenvalue weighted by atomic mass is 16.6. The molecule has 1 aromatic carbocycles. The number of amides is 3. The molecule has 0 bridgehead atoms. The number of alkyl carbamates (subject to hydrolysis) is 1. The van der Waals surface area contributed by atoms with Crippen molar-refractivity contribution in [1.82, 2.24) is 20.1 Å². The number of carbonyl (C=O) groups is 3. The Morgan fingerprint density at radius 2 is 1.91 bits per heavy atom. The van der Waals surface area contributed by atoms with Crippen LogP contribution in [-0.4, -0.2) is 64.1 Å². The molecule has 11 nitrogen and oxygen atoms in total. The molecule has 1 aliphatic heterocycles. The van der Waals surface area contributed by atoms with E-state index in [4.69, 9.17) is 4.74 Å². The summed E-state index contributed by atoms with van der Waals surface area (Å²) in [6.45, 7) is 6.83. The van der Waals surface area contributed by atoms with Crippen molar-refractivity contribution in [1.29, 1.82) is 0 Å². The first-order valence-electron chi connectivity index (χ1n) is 11.3. The smallest absolute Gasteiger partial charge is 0.407 e. The number of fused-ring (bicyclic) bond motifs is 1. The van der Waals surface area contributed by atoms with Gasteiger partial charge in [0.25, 0.3) is 5.69 Å². The lowest BCUT2D eigenvalue weighted by molar-refractivity contribution is -0.384. The summed E-state index contributed by atoms with van der Waals surface area (Å²) in [5.41, 5.74) is 0.154. The predicted molar refractivity (Wildman–Crippen MR) is 125 cm³/mol. The lowest BCUT2D eigenvalue weighted by atomic mass is 9.97. The van der Waals surface area contributed by atoms with Crippen molar-refractivity contribution in [3.8, 4) is 0 Å². The number of nitrogens with one attached hydrogen (secondary N) is 2. The Morgan fingerprint density at radius 1 is 1.18 bits per heavy atom. The topological polar surface area (TPSA) is 136 Å². The molecule has 0 saturated carbocycles. The van der Waals surface area contributed by atoms with E-state index >= 15 is 0 Å². The molecule has 184 valence electrons. The van der Waals surface area contributed by atoms with Crippen LogP contribution in [0.5, 0.6) is 0 Å². The summed E-state index contributed by atoms with van der Waals surface area (Å²) in [7, 11) is 0. The third-order valence-electron chi connectivity index (χ3n) is 5.51. The summed E-state index contributed by atoms with van der Waals surface area (Å²) in [6.07, 6.45) is 2.60. The number of likely N-dealkylation sites (tertiary alicyclic amines) is 1. The number of rotatable bonds is 7. The molecule has 1 aliphatic rings. The van der Waals surface area contributed by atoms with Crippen molar-refractivity contribution >= 4 is 34.5 Å². The van der Waals surface area contributed by atoms with E-state index in [1.165, 1.54) is 12.1 Å². The number of benzene rings is 1. The van der Waals surface area contributed by atoms with Gasteiger partial charge in [-0.1, -0.05) is 0 Å². The quantitative estimate of drug-likeness (QED) is 0.360. The lowest BCUT2D eigenvalue weighted by Crippen LogP contribution is -2.47. The Kier molecular flexibility index (Phi) is 7.75. The van der Waals surface area contributed by atoms with Gasteiger partial charge < -0.3 is 24.8 Å². The SMILES string of the molecule is CC(C)(C)OC(=O)NCCNC(=O)C1CCCN(C(=O)Cn2ccc3cc([N+](=O)[O-])ccc32)C1. The van der Waals surface area contributed by atoms with Crippen LogP contribution in [0.3, 0.4) is 0 Å². The van der Waals surface area contributed by atoms with Gasteiger partial charge in [0, 0.05) is 55.4 Å². The van der Waals surface area contributed by atoms with E-state index in [0.29, 0.717) is 24.9 Å². The van der Waals surface area contributed by atoms with Crippen molar-refractivity contribution in [2.24, 2.45) is 5.92 Å². The van der Waals surface area contributed by atoms with E-state index in [2.05, 4.69) is 10.6 Å². The minimum Gasteiger partial charge on any atom is -0.444 e. The molecule has 11 heteroatoms. The fourth-order valence-corrected chi connectivity index (χ4v) is 3.91. The van der Waals surface area contributed by atoms with E-state index < -0.39 is 16.6 Å². The fourth-order valence-electron chi connectivity index (χ4n) is 3.91. The summed E-state index contributed by atoms with van der Waals surface area (Å²) >= 11 is 0. The first kappa shape index (κ1) is 25.0. The van der Waals surface area contributed by atoms with Crippen LogP contribution in [0.1, 0.15) is 33.6 Å². The molecule has 2 aromatic rings. The molecule has 0 spiro atoms. The molecule has 2 N–H and O–H groups in total. The number of nitro benzene ring substituents is 1. The van der Waals surface area contributed by atoms with Crippen molar-refractivity contribution in [3.05, 3.63) is 40.6 Å². The number of non-ortho nitro benzene ring substituents is 1. The maximum Gasteiger partial charge on any atom is 0.407 e. The van der Waals surface area contributed by atoms with E-state index in [1.54, 1.807) is 48.6 Å². The molecular weight excluding hydrogens is 442 g/mol. The van der Waals surface area contributed by atoms with Crippen LogP contribution >= 0.6 is 0 Å². The van der Waals surface area contributed by atoms with E-state index in [9.17, 15) is 24.5 Å². The Labute approximate surface area is 197 Å². The first-order chi connectivity index (χ1) is 16.0. The van der Waals surface area contributed by atoms with Gasteiger partial charge in [-0.25, -0.2) is 4.79 Å². The van der Waals surface area contributed by atoms with Gasteiger partial charge in [0.2, 0.25) is 11.8 Å². The molecule has 34 heavy (non-hydrogen) atoms. The number of piperidine rings is 1. The highest BCUT2D eigenvalue weighted by Crippen LogP contribution is 2.23. The minimum absolute atomic E-state index is 0.00255. The monoisotopic (exact) mass is 473 g/mol. The van der Waals surface area contributed by atoms with Crippen LogP contribution in [0.2, 0.25) is 0 Å². The Balaban J connectivity index is 1.49. The van der Waals surface area contributed by atoms with Crippen LogP contribution in [0.4, 0.5) is 10.5 Å². The van der Waals surface area contributed by atoms with Crippen molar-refractivity contribution in [2.45, 2.75) is 45.8 Å². The summed E-state index contributed by atoms with van der Waals surface area (Å²) in [6, 6.07) is 6.28. The number of carbonyl (C=O) groups excluding carboxylic acids is 3. The number of ether oxygens (including phenoxy) is 1. The van der Waals surface area contributed by atoms with Gasteiger partial charge in [0.05, 0.1) is 10.8 Å². The molecule has 3 amide bonds. The molecule has 1 unspecified atom stereocenters. The van der Waals surface area contributed by atoms with Crippen molar-refractivity contribution < 1.29 is 24.0 Å². The van der Waals surface area contributed by atoms with E-state index in [1.807, 2.05) is 0 Å². The lowest BCUT2D eigenvalue weighted by Gasteiger charge is -2.32. The summed E-state index contributed by atoms with van der Waals surface area (Å²) in [5.74, 6) is -0.578. The molecule has 0 aliphatic carbocycles. The molecule has 1 saturated heterocycles. The highest BCUT2D eigenvalue weighted by Gasteiger charge is 2.28. The van der Waals surface area contributed by atoms with Gasteiger partial charge >= 0.3 is 6.09 Å². The van der Waals surface area contributed by atoms with Crippen molar-refractivity contribution in [2.75, 3.05) is 26.2 Å². The van der Waals surface area contributed by atoms with Gasteiger partial charge in [-0.15, -0.1) is 0 Å². The van der Waals surface area contributed by atoms with Crippen LogP contribution < -0.4 is 10.6 Å². The number of nitro groups is 1. The second kappa shape index (κ2) is 10.5. The number of hydrogen-bond acceptors (Lipinski definition) is 6. The molecule has 3 rings (SSSR count). The molecule has 1 fully saturated rings. The van der Waals surface area contributed by atoms with Crippen LogP contribution in [-0.2, 0) is 20.9 Å². The largest absolute Gasteiger partial charge is 0.444 e. The number of nitrogens with zero attached hydrogens (tertiary/aromatic N) is 3. The predicted octanol–water partition coefficient (Wildman–Crippen LogP) is 2.43. The molecular formula is C23H31N5O6. The first-order valence-corrected chi connectivity index (χ1v) is 11.3. The average molecular weight is 474 g/mol. The highest BCUT2D eigenvalue weighted by molar-refractivity contribution is 5.85. The van der Waals surface area contributed by atoms with Gasteiger partial charge in [0.15, 0.2) is 0 Å². The number of hydrogen-bond donors (Lipinski definition) is 2. The van der Waals surface area contributed by atoms with Crippen LogP contribution in [0.15, 0.2) is 30.5 Å². The van der Waals surface area contributed by atoms with Gasteiger partial charge in [-0.3, -0.25) is 19.7 Å². The van der Waals surface area contributed by atoms with Gasteiger partial charge in [-0.2, -0.15) is 0 Å². The van der Waals surface area contributed by atoms with Crippen molar-refractivity contribution in [3.63, 3.8) is 0 Å². The second-order valence-electron chi connectivity index (χ2n) is 9.34. The minimum atomic E-state index is -0.587. The zero-order chi connectivity index (χ0) is 24.9. The summed E-state index contributed by atoms with van der Waals surface area (Å²) in [4.78, 5) is 49.3. The molecule has 1 atom stereocenters. The normalized spacial score (nSPS) is 16.2. The second-order valence-corrected chi connectivity index (χ2v) is 9.34. The van der Waals surface area contributed by atoms with E-state index in [0.717, 1.165) is 11.9 Å². The van der Waals surface area contributed by atoms with Gasteiger partial charge in [0.1, 0.15) is 12.1 Å². The van der Waals surface area contributed by atoms with Gasteiger partial charge in [-0.05, 0) is 45.7 Å². The number of aromatic nitrogens is 1. The third-order valence-corrected chi connectivity index (χ3v) is 5.51. The molecule has 2 heterocycles.